The minimum Gasteiger partial charge on any atom is -0.385 e. The number of benzene rings is 1. The van der Waals surface area contributed by atoms with E-state index < -0.39 is 0 Å². The highest BCUT2D eigenvalue weighted by Crippen LogP contribution is 2.16. The molecule has 1 saturated heterocycles. The Labute approximate surface area is 114 Å². The van der Waals surface area contributed by atoms with Gasteiger partial charge in [0.2, 0.25) is 5.91 Å². The normalized spacial score (nSPS) is 18.3. The summed E-state index contributed by atoms with van der Waals surface area (Å²) in [4.78, 5) is 12.9. The lowest BCUT2D eigenvalue weighted by atomic mass is 10.1. The smallest absolute Gasteiger partial charge is 0.219 e. The quantitative estimate of drug-likeness (QED) is 0.883. The molecule has 1 amide bonds. The fraction of sp³-hybridized carbons (Fsp3) is 0.533. The van der Waals surface area contributed by atoms with Crippen molar-refractivity contribution in [3.8, 4) is 0 Å². The minimum atomic E-state index is 0.0847. The minimum absolute atomic E-state index is 0.0847. The van der Waals surface area contributed by atoms with E-state index in [-0.39, 0.29) is 5.91 Å². The largest absolute Gasteiger partial charge is 0.385 e. The Hall–Kier alpha value is -1.55. The number of carbonyl (C=O) groups is 1. The van der Waals surface area contributed by atoms with Crippen molar-refractivity contribution in [3.63, 3.8) is 0 Å². The van der Waals surface area contributed by atoms with Crippen molar-refractivity contribution >= 4 is 11.6 Å². The van der Waals surface area contributed by atoms with E-state index >= 15 is 0 Å². The topological polar surface area (TPSA) is 41.6 Å². The van der Waals surface area contributed by atoms with E-state index in [1.807, 2.05) is 19.2 Å². The molecule has 1 aliphatic heterocycles. The lowest BCUT2D eigenvalue weighted by Gasteiger charge is -2.16. The predicted octanol–water partition coefficient (Wildman–Crippen LogP) is 2.11. The van der Waals surface area contributed by atoms with Crippen LogP contribution in [0, 0.1) is 5.92 Å². The first kappa shape index (κ1) is 13.9. The third-order valence-electron chi connectivity index (χ3n) is 3.50. The summed E-state index contributed by atoms with van der Waals surface area (Å²) in [6, 6.07) is 8.24. The Bertz CT molecular complexity index is 428. The van der Waals surface area contributed by atoms with Gasteiger partial charge in [-0.3, -0.25) is 4.79 Å². The molecule has 1 N–H and O–H groups in total. The third-order valence-corrected chi connectivity index (χ3v) is 3.50. The number of anilines is 1. The molecule has 1 aromatic rings. The molecule has 1 atom stereocenters. The van der Waals surface area contributed by atoms with Gasteiger partial charge in [0.15, 0.2) is 0 Å². The van der Waals surface area contributed by atoms with Gasteiger partial charge in [-0.2, -0.15) is 0 Å². The zero-order valence-electron chi connectivity index (χ0n) is 11.7. The molecule has 0 saturated carbocycles. The SMILES string of the molecule is CC(=O)N(C)Cc1cccc(NCC2CCOC2)c1. The second-order valence-corrected chi connectivity index (χ2v) is 5.19. The fourth-order valence-corrected chi connectivity index (χ4v) is 2.17. The predicted molar refractivity (Wildman–Crippen MR) is 76.0 cm³/mol. The number of ether oxygens (including phenoxy) is 1. The molecule has 2 rings (SSSR count). The van der Waals surface area contributed by atoms with Crippen LogP contribution in [0.4, 0.5) is 5.69 Å². The third kappa shape index (κ3) is 4.24. The van der Waals surface area contributed by atoms with E-state index in [0.717, 1.165) is 37.4 Å². The van der Waals surface area contributed by atoms with Crippen LogP contribution >= 0.6 is 0 Å². The summed E-state index contributed by atoms with van der Waals surface area (Å²) in [5.74, 6) is 0.699. The summed E-state index contributed by atoms with van der Waals surface area (Å²) >= 11 is 0. The summed E-state index contributed by atoms with van der Waals surface area (Å²) in [5, 5.41) is 3.45. The fourth-order valence-electron chi connectivity index (χ4n) is 2.17. The van der Waals surface area contributed by atoms with Crippen molar-refractivity contribution in [1.82, 2.24) is 4.90 Å². The molecular formula is C15H22N2O2. The second-order valence-electron chi connectivity index (χ2n) is 5.19. The van der Waals surface area contributed by atoms with Crippen LogP contribution in [0.2, 0.25) is 0 Å². The molecule has 19 heavy (non-hydrogen) atoms. The van der Waals surface area contributed by atoms with E-state index in [1.54, 1.807) is 11.8 Å². The van der Waals surface area contributed by atoms with Crippen LogP contribution in [-0.2, 0) is 16.1 Å². The average Bonchev–Trinajstić information content (AvgIpc) is 2.90. The van der Waals surface area contributed by atoms with Crippen LogP contribution in [0.25, 0.3) is 0 Å². The van der Waals surface area contributed by atoms with Crippen molar-refractivity contribution in [2.75, 3.05) is 32.1 Å². The first-order valence-electron chi connectivity index (χ1n) is 6.77. The monoisotopic (exact) mass is 262 g/mol. The van der Waals surface area contributed by atoms with Crippen LogP contribution < -0.4 is 5.32 Å². The van der Waals surface area contributed by atoms with E-state index in [2.05, 4.69) is 17.4 Å². The lowest BCUT2D eigenvalue weighted by Crippen LogP contribution is -2.23. The van der Waals surface area contributed by atoms with Crippen molar-refractivity contribution < 1.29 is 9.53 Å². The Morgan fingerprint density at radius 2 is 2.37 bits per heavy atom. The summed E-state index contributed by atoms with van der Waals surface area (Å²) in [6.07, 6.45) is 1.14. The maximum absolute atomic E-state index is 11.2. The molecule has 0 aliphatic carbocycles. The maximum atomic E-state index is 11.2. The Kier molecular flexibility index (Phi) is 4.80. The summed E-state index contributed by atoms with van der Waals surface area (Å²) in [5.41, 5.74) is 2.26. The molecular weight excluding hydrogens is 240 g/mol. The molecule has 1 heterocycles. The van der Waals surface area contributed by atoms with Gasteiger partial charge in [0.1, 0.15) is 0 Å². The second kappa shape index (κ2) is 6.57. The standard InChI is InChI=1S/C15H22N2O2/c1-12(18)17(2)10-13-4-3-5-15(8-13)16-9-14-6-7-19-11-14/h3-5,8,14,16H,6-7,9-11H2,1-2H3. The first-order chi connectivity index (χ1) is 9.15. The first-order valence-corrected chi connectivity index (χ1v) is 6.77. The van der Waals surface area contributed by atoms with Crippen LogP contribution in [0.1, 0.15) is 18.9 Å². The molecule has 4 nitrogen and oxygen atoms in total. The van der Waals surface area contributed by atoms with Gasteiger partial charge >= 0.3 is 0 Å². The Morgan fingerprint density at radius 3 is 3.05 bits per heavy atom. The van der Waals surface area contributed by atoms with Gasteiger partial charge < -0.3 is 15.0 Å². The van der Waals surface area contributed by atoms with Gasteiger partial charge in [0, 0.05) is 45.3 Å². The molecule has 0 radical (unpaired) electrons. The maximum Gasteiger partial charge on any atom is 0.219 e. The van der Waals surface area contributed by atoms with Crippen molar-refractivity contribution in [2.45, 2.75) is 19.9 Å². The molecule has 0 spiro atoms. The number of nitrogens with one attached hydrogen (secondary N) is 1. The average molecular weight is 262 g/mol. The summed E-state index contributed by atoms with van der Waals surface area (Å²) in [6.45, 7) is 4.93. The van der Waals surface area contributed by atoms with Crippen LogP contribution in [-0.4, -0.2) is 37.6 Å². The van der Waals surface area contributed by atoms with Gasteiger partial charge in [0.25, 0.3) is 0 Å². The van der Waals surface area contributed by atoms with Crippen LogP contribution in [0.5, 0.6) is 0 Å². The van der Waals surface area contributed by atoms with Gasteiger partial charge in [-0.05, 0) is 24.1 Å². The molecule has 104 valence electrons. The number of amides is 1. The van der Waals surface area contributed by atoms with Gasteiger partial charge in [0.05, 0.1) is 6.61 Å². The van der Waals surface area contributed by atoms with E-state index in [4.69, 9.17) is 4.74 Å². The molecule has 1 aromatic carbocycles. The van der Waals surface area contributed by atoms with Gasteiger partial charge in [-0.25, -0.2) is 0 Å². The molecule has 0 aromatic heterocycles. The number of rotatable bonds is 5. The van der Waals surface area contributed by atoms with E-state index in [9.17, 15) is 4.79 Å². The molecule has 0 bridgehead atoms. The molecule has 1 aliphatic rings. The highest BCUT2D eigenvalue weighted by Gasteiger charge is 2.14. The Morgan fingerprint density at radius 1 is 1.53 bits per heavy atom. The summed E-state index contributed by atoms with van der Waals surface area (Å²) in [7, 11) is 1.82. The zero-order chi connectivity index (χ0) is 13.7. The number of nitrogens with zero attached hydrogens (tertiary/aromatic N) is 1. The van der Waals surface area contributed by atoms with Crippen molar-refractivity contribution in [3.05, 3.63) is 29.8 Å². The van der Waals surface area contributed by atoms with Crippen molar-refractivity contribution in [1.29, 1.82) is 0 Å². The van der Waals surface area contributed by atoms with E-state index in [1.165, 1.54) is 0 Å². The molecule has 1 unspecified atom stereocenters. The van der Waals surface area contributed by atoms with Gasteiger partial charge in [-0.15, -0.1) is 0 Å². The highest BCUT2D eigenvalue weighted by atomic mass is 16.5. The van der Waals surface area contributed by atoms with Crippen molar-refractivity contribution in [2.24, 2.45) is 5.92 Å². The summed E-state index contributed by atoms with van der Waals surface area (Å²) < 4.78 is 5.36. The number of carbonyl (C=O) groups excluding carboxylic acids is 1. The number of hydrogen-bond acceptors (Lipinski definition) is 3. The molecule has 4 heteroatoms. The van der Waals surface area contributed by atoms with Crippen LogP contribution in [0.15, 0.2) is 24.3 Å². The van der Waals surface area contributed by atoms with E-state index in [0.29, 0.717) is 12.5 Å². The van der Waals surface area contributed by atoms with Crippen LogP contribution in [0.3, 0.4) is 0 Å². The highest BCUT2D eigenvalue weighted by molar-refractivity contribution is 5.72. The number of hydrogen-bond donors (Lipinski definition) is 1. The lowest BCUT2D eigenvalue weighted by molar-refractivity contribution is -0.128. The van der Waals surface area contributed by atoms with Gasteiger partial charge in [-0.1, -0.05) is 12.1 Å². The molecule has 1 fully saturated rings. The Balaban J connectivity index is 1.88. The zero-order valence-corrected chi connectivity index (χ0v) is 11.7.